The number of esters is 1. The quantitative estimate of drug-likeness (QED) is 0.169. The van der Waals surface area contributed by atoms with Crippen LogP contribution in [0.3, 0.4) is 0 Å². The van der Waals surface area contributed by atoms with Crippen LogP contribution >= 0.6 is 47.0 Å². The van der Waals surface area contributed by atoms with E-state index in [0.29, 0.717) is 6.61 Å². The number of ether oxygens (including phenoxy) is 3. The first kappa shape index (κ1) is 37.9. The van der Waals surface area contributed by atoms with Gasteiger partial charge in [-0.3, -0.25) is 4.79 Å². The summed E-state index contributed by atoms with van der Waals surface area (Å²) in [6, 6.07) is 29.3. The smallest absolute Gasteiger partial charge is 0.310 e. The molecule has 50 heavy (non-hydrogen) atoms. The zero-order valence-electron chi connectivity index (χ0n) is 29.0. The molecule has 0 saturated carbocycles. The fourth-order valence-corrected chi connectivity index (χ4v) is 10.4. The third-order valence-corrected chi connectivity index (χ3v) is 13.6. The van der Waals surface area contributed by atoms with Crippen LogP contribution in [-0.4, -0.2) is 40.7 Å². The van der Waals surface area contributed by atoms with Crippen molar-refractivity contribution in [1.82, 2.24) is 0 Å². The number of phenolic OH excluding ortho intramolecular Hbond substituents is 1. The van der Waals surface area contributed by atoms with Crippen molar-refractivity contribution >= 4 is 64.2 Å². The van der Waals surface area contributed by atoms with Gasteiger partial charge < -0.3 is 19.3 Å². The van der Waals surface area contributed by atoms with Gasteiger partial charge in [-0.25, -0.2) is 0 Å². The van der Waals surface area contributed by atoms with E-state index in [9.17, 15) is 9.90 Å². The molecule has 0 bridgehead atoms. The zero-order valence-corrected chi connectivity index (χ0v) is 32.3. The average molecular weight is 745 g/mol. The van der Waals surface area contributed by atoms with Crippen LogP contribution in [0.4, 0.5) is 0 Å². The highest BCUT2D eigenvalue weighted by molar-refractivity contribution is 8.23. The van der Waals surface area contributed by atoms with Crippen molar-refractivity contribution in [3.05, 3.63) is 122 Å². The summed E-state index contributed by atoms with van der Waals surface area (Å²) < 4.78 is 19.6. The molecule has 0 radical (unpaired) electrons. The summed E-state index contributed by atoms with van der Waals surface area (Å²) in [5.74, 6) is 8.06. The highest BCUT2D eigenvalue weighted by Gasteiger charge is 2.13. The van der Waals surface area contributed by atoms with Gasteiger partial charge in [0.15, 0.2) is 0 Å². The Balaban J connectivity index is 0.000000197. The number of rotatable bonds is 9. The standard InChI is InChI=1S/C22H24O3S2.C19H20O2S2/c1-3-24-21(23)15-17-5-9-19(10-6-17)25-20-11-7-18(8-12-20)16(2)22-26-13-4-14-27-22;1-13-12-17(8-9-18(13)20)21-16-6-4-15(5-7-16)14(2)19-22-10-3-11-23-19/h5-12H,3-4,13-15H2,1-2H3;4-9,12,20H,3,10-11H2,1-2H3. The summed E-state index contributed by atoms with van der Waals surface area (Å²) in [6.07, 6.45) is 2.87. The molecule has 5 nitrogen and oxygen atoms in total. The molecule has 2 heterocycles. The Hall–Kier alpha value is -3.37. The Kier molecular flexibility index (Phi) is 14.6. The van der Waals surface area contributed by atoms with Crippen molar-refractivity contribution in [3.63, 3.8) is 0 Å². The maximum atomic E-state index is 11.5. The molecule has 6 rings (SSSR count). The monoisotopic (exact) mass is 744 g/mol. The highest BCUT2D eigenvalue weighted by Crippen LogP contribution is 2.41. The normalized spacial score (nSPS) is 14.2. The largest absolute Gasteiger partial charge is 0.508 e. The van der Waals surface area contributed by atoms with E-state index >= 15 is 0 Å². The van der Waals surface area contributed by atoms with Gasteiger partial charge in [-0.15, -0.1) is 47.0 Å². The van der Waals surface area contributed by atoms with E-state index in [4.69, 9.17) is 14.2 Å². The lowest BCUT2D eigenvalue weighted by atomic mass is 10.1. The van der Waals surface area contributed by atoms with Crippen LogP contribution in [0.15, 0.2) is 99.5 Å². The second-order valence-corrected chi connectivity index (χ2v) is 16.7. The number of hydrogen-bond acceptors (Lipinski definition) is 9. The van der Waals surface area contributed by atoms with Crippen molar-refractivity contribution in [2.24, 2.45) is 0 Å². The molecule has 2 saturated heterocycles. The maximum absolute atomic E-state index is 11.5. The van der Waals surface area contributed by atoms with Crippen LogP contribution in [0.25, 0.3) is 11.1 Å². The molecule has 2 aliphatic rings. The van der Waals surface area contributed by atoms with E-state index in [1.165, 1.54) is 66.6 Å². The van der Waals surface area contributed by atoms with Crippen LogP contribution in [0.2, 0.25) is 0 Å². The molecule has 9 heteroatoms. The van der Waals surface area contributed by atoms with Gasteiger partial charge in [0, 0.05) is 8.47 Å². The van der Waals surface area contributed by atoms with E-state index in [2.05, 4.69) is 38.1 Å². The van der Waals surface area contributed by atoms with Gasteiger partial charge in [0.1, 0.15) is 28.7 Å². The molecule has 0 aromatic heterocycles. The summed E-state index contributed by atoms with van der Waals surface area (Å²) in [4.78, 5) is 11.5. The van der Waals surface area contributed by atoms with E-state index in [1.54, 1.807) is 12.1 Å². The molecule has 262 valence electrons. The zero-order chi connectivity index (χ0) is 35.3. The van der Waals surface area contributed by atoms with E-state index in [-0.39, 0.29) is 18.1 Å². The molecule has 4 aromatic rings. The predicted molar refractivity (Wildman–Crippen MR) is 217 cm³/mol. The minimum absolute atomic E-state index is 0.208. The van der Waals surface area contributed by atoms with Crippen LogP contribution < -0.4 is 9.47 Å². The summed E-state index contributed by atoms with van der Waals surface area (Å²) in [5.41, 5.74) is 6.92. The molecule has 2 aliphatic heterocycles. The number of phenols is 1. The molecule has 4 aromatic carbocycles. The minimum Gasteiger partial charge on any atom is -0.508 e. The first-order valence-electron chi connectivity index (χ1n) is 16.8. The van der Waals surface area contributed by atoms with Crippen LogP contribution in [-0.2, 0) is 16.0 Å². The molecular weight excluding hydrogens is 701 g/mol. The molecule has 0 unspecified atom stereocenters. The molecule has 0 spiro atoms. The van der Waals surface area contributed by atoms with Crippen LogP contribution in [0.1, 0.15) is 55.9 Å². The third-order valence-electron chi connectivity index (χ3n) is 7.91. The molecule has 0 atom stereocenters. The lowest BCUT2D eigenvalue weighted by Gasteiger charge is -2.16. The maximum Gasteiger partial charge on any atom is 0.310 e. The van der Waals surface area contributed by atoms with Crippen molar-refractivity contribution in [2.75, 3.05) is 29.6 Å². The van der Waals surface area contributed by atoms with E-state index < -0.39 is 0 Å². The van der Waals surface area contributed by atoms with Crippen LogP contribution in [0.5, 0.6) is 28.7 Å². The van der Waals surface area contributed by atoms with Gasteiger partial charge in [-0.1, -0.05) is 36.4 Å². The lowest BCUT2D eigenvalue weighted by Crippen LogP contribution is -2.07. The fourth-order valence-electron chi connectivity index (χ4n) is 5.09. The Morgan fingerprint density at radius 1 is 0.640 bits per heavy atom. The van der Waals surface area contributed by atoms with E-state index in [1.807, 2.05) is 115 Å². The van der Waals surface area contributed by atoms with Crippen molar-refractivity contribution in [3.8, 4) is 28.7 Å². The Morgan fingerprint density at radius 3 is 1.50 bits per heavy atom. The van der Waals surface area contributed by atoms with Crippen molar-refractivity contribution in [2.45, 2.75) is 47.0 Å². The number of thioether (sulfide) groups is 4. The van der Waals surface area contributed by atoms with Gasteiger partial charge in [0.05, 0.1) is 13.0 Å². The van der Waals surface area contributed by atoms with Gasteiger partial charge in [-0.2, -0.15) is 0 Å². The summed E-state index contributed by atoms with van der Waals surface area (Å²) in [5, 5.41) is 9.57. The number of benzene rings is 4. The van der Waals surface area contributed by atoms with Gasteiger partial charge in [0.2, 0.25) is 0 Å². The minimum atomic E-state index is -0.208. The Labute approximate surface area is 313 Å². The fraction of sp³-hybridized carbons (Fsp3) is 0.293. The topological polar surface area (TPSA) is 65.0 Å². The third kappa shape index (κ3) is 11.3. The first-order chi connectivity index (χ1) is 24.3. The molecule has 0 amide bonds. The average Bonchev–Trinajstić information content (AvgIpc) is 3.15. The second-order valence-electron chi connectivity index (χ2n) is 11.8. The number of hydrogen-bond donors (Lipinski definition) is 1. The van der Waals surface area contributed by atoms with Gasteiger partial charge in [-0.05, 0) is 152 Å². The Bertz CT molecular complexity index is 1770. The van der Waals surface area contributed by atoms with Gasteiger partial charge >= 0.3 is 5.97 Å². The van der Waals surface area contributed by atoms with Crippen molar-refractivity contribution in [1.29, 1.82) is 0 Å². The second kappa shape index (κ2) is 19.3. The SMILES string of the molecule is CC(=C1SCCCS1)c1ccc(Oc2ccc(O)c(C)c2)cc1.CCOC(=O)Cc1ccc(Oc2ccc(C(C)=C3SCCCS3)cc2)cc1. The summed E-state index contributed by atoms with van der Waals surface area (Å²) >= 11 is 7.85. The molecule has 0 aliphatic carbocycles. The summed E-state index contributed by atoms with van der Waals surface area (Å²) in [6.45, 7) is 8.47. The molecule has 1 N–H and O–H groups in total. The van der Waals surface area contributed by atoms with E-state index in [0.717, 1.165) is 34.1 Å². The number of aromatic hydroxyl groups is 1. The van der Waals surface area contributed by atoms with Gasteiger partial charge in [0.25, 0.3) is 0 Å². The number of carbonyl (C=O) groups excluding carboxylic acids is 1. The molecule has 2 fully saturated rings. The highest BCUT2D eigenvalue weighted by atomic mass is 32.2. The number of allylic oxidation sites excluding steroid dienone is 2. The number of carbonyl (C=O) groups is 1. The Morgan fingerprint density at radius 2 is 1.06 bits per heavy atom. The molecular formula is C41H44O5S4. The number of aryl methyl sites for hydroxylation is 1. The first-order valence-corrected chi connectivity index (χ1v) is 20.8. The lowest BCUT2D eigenvalue weighted by molar-refractivity contribution is -0.142. The predicted octanol–water partition coefficient (Wildman–Crippen LogP) is 12.2. The van der Waals surface area contributed by atoms with Crippen LogP contribution in [0, 0.1) is 6.92 Å². The van der Waals surface area contributed by atoms with Crippen molar-refractivity contribution < 1.29 is 24.1 Å². The summed E-state index contributed by atoms with van der Waals surface area (Å²) in [7, 11) is 0.